The van der Waals surface area contributed by atoms with Gasteiger partial charge in [0.2, 0.25) is 0 Å². The van der Waals surface area contributed by atoms with Crippen LogP contribution in [0.15, 0.2) is 223 Å². The van der Waals surface area contributed by atoms with Crippen molar-refractivity contribution < 1.29 is 4.42 Å². The molecule has 12 rings (SSSR count). The average Bonchev–Trinajstić information content (AvgIpc) is 3.84. The number of nitrogens with zero attached hydrogens (tertiary/aromatic N) is 2. The Morgan fingerprint density at radius 3 is 1.75 bits per heavy atom. The Morgan fingerprint density at radius 1 is 0.356 bits per heavy atom. The highest BCUT2D eigenvalue weighted by Gasteiger charge is 2.26. The number of hydrogen-bond acceptors (Lipinski definition) is 2. The van der Waals surface area contributed by atoms with Crippen LogP contribution in [0.2, 0.25) is 0 Å². The van der Waals surface area contributed by atoms with E-state index in [1.54, 1.807) is 0 Å². The second-order valence-corrected chi connectivity index (χ2v) is 15.3. The van der Waals surface area contributed by atoms with Gasteiger partial charge >= 0.3 is 0 Å². The molecule has 0 fully saturated rings. The molecular weight excluding hydrogens is 717 g/mol. The summed E-state index contributed by atoms with van der Waals surface area (Å²) < 4.78 is 9.16. The molecule has 0 atom stereocenters. The number of hydrogen-bond donors (Lipinski definition) is 0. The second kappa shape index (κ2) is 13.4. The molecule has 3 nitrogen and oxygen atoms in total. The maximum atomic E-state index is 6.70. The van der Waals surface area contributed by atoms with Gasteiger partial charge in [0.1, 0.15) is 11.2 Å². The first-order chi connectivity index (χ1) is 29.3. The van der Waals surface area contributed by atoms with E-state index in [1.807, 2.05) is 0 Å². The molecule has 12 aromatic rings. The number of rotatable bonds is 6. The molecule has 2 aromatic heterocycles. The van der Waals surface area contributed by atoms with E-state index in [2.05, 4.69) is 228 Å². The Kier molecular flexibility index (Phi) is 7.54. The summed E-state index contributed by atoms with van der Waals surface area (Å²) in [6.45, 7) is 0. The summed E-state index contributed by atoms with van der Waals surface area (Å²) in [5.41, 5.74) is 13.1. The quantitative estimate of drug-likeness (QED) is 0.169. The Morgan fingerprint density at radius 2 is 0.966 bits per heavy atom. The van der Waals surface area contributed by atoms with Crippen molar-refractivity contribution in [3.05, 3.63) is 218 Å². The van der Waals surface area contributed by atoms with Gasteiger partial charge in [0.15, 0.2) is 0 Å². The normalized spacial score (nSPS) is 11.7. The van der Waals surface area contributed by atoms with E-state index < -0.39 is 0 Å². The predicted molar refractivity (Wildman–Crippen MR) is 249 cm³/mol. The lowest BCUT2D eigenvalue weighted by Crippen LogP contribution is -2.11. The number of para-hydroxylation sites is 1. The fourth-order valence-corrected chi connectivity index (χ4v) is 9.25. The molecule has 59 heavy (non-hydrogen) atoms. The van der Waals surface area contributed by atoms with Crippen molar-refractivity contribution in [1.82, 2.24) is 4.57 Å². The Bertz CT molecular complexity index is 3560. The Labute approximate surface area is 341 Å². The average molecular weight is 753 g/mol. The van der Waals surface area contributed by atoms with Crippen molar-refractivity contribution in [3.8, 4) is 27.9 Å². The number of aromatic nitrogens is 1. The summed E-state index contributed by atoms with van der Waals surface area (Å²) in [5, 5.41) is 9.23. The first-order valence-corrected chi connectivity index (χ1v) is 20.2. The van der Waals surface area contributed by atoms with Crippen LogP contribution in [0.5, 0.6) is 0 Å². The number of benzene rings is 10. The van der Waals surface area contributed by atoms with Crippen molar-refractivity contribution in [1.29, 1.82) is 0 Å². The number of fused-ring (bicyclic) bond motifs is 8. The van der Waals surface area contributed by atoms with Crippen LogP contribution < -0.4 is 4.90 Å². The standard InChI is InChI=1S/C56H36N2O/c1-3-16-37(17-4-1)39-23-13-25-44(32-39)57-49-29-15-30-50(54(49)48-34-41-20-7-8-21-42(41)35-51(48)57)58(45-26-14-24-40(33-45)38-18-5-2-6-19-38)56-46-27-10-9-22-43(46)36-53-55(56)47-28-11-12-31-52(47)59-53/h1-36H. The van der Waals surface area contributed by atoms with Gasteiger partial charge in [-0.15, -0.1) is 0 Å². The zero-order valence-electron chi connectivity index (χ0n) is 32.1. The highest BCUT2D eigenvalue weighted by atomic mass is 16.3. The van der Waals surface area contributed by atoms with Crippen molar-refractivity contribution in [2.75, 3.05) is 4.90 Å². The molecule has 0 radical (unpaired) electrons. The summed E-state index contributed by atoms with van der Waals surface area (Å²) in [5.74, 6) is 0. The number of anilines is 3. The monoisotopic (exact) mass is 752 g/mol. The highest BCUT2D eigenvalue weighted by Crippen LogP contribution is 2.51. The Balaban J connectivity index is 1.23. The third-order valence-corrected chi connectivity index (χ3v) is 11.9. The van der Waals surface area contributed by atoms with E-state index >= 15 is 0 Å². The molecule has 0 aliphatic carbocycles. The van der Waals surface area contributed by atoms with Gasteiger partial charge in [-0.05, 0) is 99.1 Å². The minimum atomic E-state index is 0.863. The summed E-state index contributed by atoms with van der Waals surface area (Å²) in [6, 6.07) is 78.9. The van der Waals surface area contributed by atoms with Crippen LogP contribution in [0, 0.1) is 0 Å². The second-order valence-electron chi connectivity index (χ2n) is 15.3. The van der Waals surface area contributed by atoms with Crippen LogP contribution >= 0.6 is 0 Å². The molecule has 0 aliphatic rings. The summed E-state index contributed by atoms with van der Waals surface area (Å²) in [7, 11) is 0. The fraction of sp³-hybridized carbons (Fsp3) is 0. The van der Waals surface area contributed by atoms with Crippen molar-refractivity contribution in [2.24, 2.45) is 0 Å². The van der Waals surface area contributed by atoms with Crippen molar-refractivity contribution >= 4 is 82.4 Å². The molecule has 0 aliphatic heterocycles. The van der Waals surface area contributed by atoms with Gasteiger partial charge in [0, 0.05) is 32.9 Å². The van der Waals surface area contributed by atoms with Gasteiger partial charge in [-0.1, -0.05) is 158 Å². The third-order valence-electron chi connectivity index (χ3n) is 11.9. The molecule has 0 N–H and O–H groups in total. The molecule has 0 saturated carbocycles. The third kappa shape index (κ3) is 5.36. The molecule has 10 aromatic carbocycles. The van der Waals surface area contributed by atoms with Crippen LogP contribution in [0.1, 0.15) is 0 Å². The molecule has 0 amide bonds. The number of furan rings is 1. The summed E-state index contributed by atoms with van der Waals surface area (Å²) >= 11 is 0. The fourth-order valence-electron chi connectivity index (χ4n) is 9.25. The van der Waals surface area contributed by atoms with Crippen LogP contribution in [-0.2, 0) is 0 Å². The molecule has 3 heteroatoms. The van der Waals surface area contributed by atoms with Crippen LogP contribution in [0.25, 0.3) is 93.2 Å². The van der Waals surface area contributed by atoms with E-state index in [0.717, 1.165) is 72.1 Å². The van der Waals surface area contributed by atoms with Gasteiger partial charge in [0.05, 0.1) is 27.8 Å². The maximum Gasteiger partial charge on any atom is 0.138 e. The lowest BCUT2D eigenvalue weighted by molar-refractivity contribution is 0.669. The lowest BCUT2D eigenvalue weighted by atomic mass is 9.98. The first-order valence-electron chi connectivity index (χ1n) is 20.2. The van der Waals surface area contributed by atoms with E-state index in [0.29, 0.717) is 0 Å². The van der Waals surface area contributed by atoms with Crippen molar-refractivity contribution in [2.45, 2.75) is 0 Å². The predicted octanol–water partition coefficient (Wildman–Crippen LogP) is 15.8. The zero-order valence-corrected chi connectivity index (χ0v) is 32.1. The zero-order chi connectivity index (χ0) is 38.9. The molecular formula is C56H36N2O. The summed E-state index contributed by atoms with van der Waals surface area (Å²) in [4.78, 5) is 2.50. The maximum absolute atomic E-state index is 6.70. The minimum absolute atomic E-state index is 0.863. The minimum Gasteiger partial charge on any atom is -0.456 e. The highest BCUT2D eigenvalue weighted by molar-refractivity contribution is 6.25. The van der Waals surface area contributed by atoms with Crippen LogP contribution in [0.4, 0.5) is 17.1 Å². The Hall–Kier alpha value is -7.88. The van der Waals surface area contributed by atoms with E-state index in [9.17, 15) is 0 Å². The van der Waals surface area contributed by atoms with E-state index in [-0.39, 0.29) is 0 Å². The first kappa shape index (κ1) is 33.3. The smallest absolute Gasteiger partial charge is 0.138 e. The van der Waals surface area contributed by atoms with Crippen LogP contribution in [0.3, 0.4) is 0 Å². The largest absolute Gasteiger partial charge is 0.456 e. The van der Waals surface area contributed by atoms with Crippen LogP contribution in [-0.4, -0.2) is 4.57 Å². The van der Waals surface area contributed by atoms with Crippen molar-refractivity contribution in [3.63, 3.8) is 0 Å². The molecule has 0 unspecified atom stereocenters. The van der Waals surface area contributed by atoms with Gasteiger partial charge in [0.25, 0.3) is 0 Å². The molecule has 0 bridgehead atoms. The molecule has 276 valence electrons. The van der Waals surface area contributed by atoms with E-state index in [1.165, 1.54) is 38.2 Å². The molecule has 0 saturated heterocycles. The molecule has 2 heterocycles. The SMILES string of the molecule is c1ccc(-c2cccc(N(c3c4ccccc4cc4oc5ccccc5c34)c3cccc4c3c3cc5ccccc5cc3n4-c3cccc(-c4ccccc4)c3)c2)cc1. The van der Waals surface area contributed by atoms with Gasteiger partial charge in [-0.25, -0.2) is 0 Å². The lowest BCUT2D eigenvalue weighted by Gasteiger charge is -2.29. The summed E-state index contributed by atoms with van der Waals surface area (Å²) in [6.07, 6.45) is 0. The molecule has 0 spiro atoms. The van der Waals surface area contributed by atoms with Gasteiger partial charge < -0.3 is 13.9 Å². The topological polar surface area (TPSA) is 21.3 Å². The van der Waals surface area contributed by atoms with Gasteiger partial charge in [-0.2, -0.15) is 0 Å². The van der Waals surface area contributed by atoms with E-state index in [4.69, 9.17) is 4.42 Å². The van der Waals surface area contributed by atoms with Gasteiger partial charge in [-0.3, -0.25) is 0 Å².